The van der Waals surface area contributed by atoms with Gasteiger partial charge in [0.1, 0.15) is 0 Å². The first-order valence-electron chi connectivity index (χ1n) is 11.1. The average Bonchev–Trinajstić information content (AvgIpc) is 3.59. The van der Waals surface area contributed by atoms with Crippen molar-refractivity contribution in [2.24, 2.45) is 5.92 Å². The molecule has 0 amide bonds. The Bertz CT molecular complexity index is 1090. The lowest BCUT2D eigenvalue weighted by Crippen LogP contribution is -2.24. The minimum atomic E-state index is 0.176. The highest BCUT2D eigenvalue weighted by atomic mass is 35.5. The highest BCUT2D eigenvalue weighted by Crippen LogP contribution is 2.38. The molecular weight excluding hydrogens is 392 g/mol. The molecule has 0 unspecified atom stereocenters. The van der Waals surface area contributed by atoms with Crippen molar-refractivity contribution in [2.75, 3.05) is 5.32 Å². The van der Waals surface area contributed by atoms with Crippen molar-refractivity contribution in [3.8, 4) is 11.1 Å². The predicted molar refractivity (Wildman–Crippen MR) is 124 cm³/mol. The van der Waals surface area contributed by atoms with Crippen LogP contribution < -0.4 is 5.32 Å². The molecule has 3 aromatic rings. The fourth-order valence-corrected chi connectivity index (χ4v) is 4.92. The molecule has 1 N–H and O–H groups in total. The van der Waals surface area contributed by atoms with Gasteiger partial charge >= 0.3 is 0 Å². The largest absolute Gasteiger partial charge is 0.381 e. The fraction of sp³-hybridized carbons (Fsp3) is 0.385. The number of pyridine rings is 1. The molecule has 4 heteroatoms. The van der Waals surface area contributed by atoms with Gasteiger partial charge in [0.25, 0.3) is 0 Å². The van der Waals surface area contributed by atoms with Crippen molar-refractivity contribution in [1.82, 2.24) is 4.98 Å². The van der Waals surface area contributed by atoms with E-state index in [0.717, 1.165) is 69.6 Å². The maximum atomic E-state index is 13.1. The Labute approximate surface area is 182 Å². The van der Waals surface area contributed by atoms with Gasteiger partial charge in [-0.05, 0) is 73.6 Å². The van der Waals surface area contributed by atoms with Crippen molar-refractivity contribution in [1.29, 1.82) is 0 Å². The number of Topliss-reactive ketones (excluding diaryl/α,β-unsaturated/α-hetero) is 1. The summed E-state index contributed by atoms with van der Waals surface area (Å²) in [6, 6.07) is 12.8. The first-order chi connectivity index (χ1) is 14.6. The quantitative estimate of drug-likeness (QED) is 0.445. The van der Waals surface area contributed by atoms with Crippen LogP contribution in [0.3, 0.4) is 0 Å². The van der Waals surface area contributed by atoms with Crippen LogP contribution in [-0.2, 0) is 0 Å². The molecule has 2 saturated carbocycles. The Kier molecular flexibility index (Phi) is 5.24. The second-order valence-corrected chi connectivity index (χ2v) is 9.35. The van der Waals surface area contributed by atoms with Crippen LogP contribution in [0.2, 0.25) is 5.02 Å². The van der Waals surface area contributed by atoms with Gasteiger partial charge in [-0.1, -0.05) is 43.0 Å². The standard InChI is InChI=1S/C26H27ClN2O/c1-16-11-19(13-20(27)12-16)18-9-10-24-22(14-18)25(29-21-5-3-2-4-6-21)23(15-28-24)26(30)17-7-8-17/h9-15,17,21H,2-8H2,1H3,(H,28,29). The molecule has 2 aliphatic carbocycles. The first kappa shape index (κ1) is 19.6. The lowest BCUT2D eigenvalue weighted by atomic mass is 9.93. The van der Waals surface area contributed by atoms with Crippen LogP contribution in [0.25, 0.3) is 22.0 Å². The Morgan fingerprint density at radius 3 is 2.53 bits per heavy atom. The van der Waals surface area contributed by atoms with Crippen molar-refractivity contribution in [3.63, 3.8) is 0 Å². The van der Waals surface area contributed by atoms with Gasteiger partial charge in [0.15, 0.2) is 5.78 Å². The van der Waals surface area contributed by atoms with Crippen molar-refractivity contribution in [3.05, 3.63) is 58.7 Å². The molecule has 0 spiro atoms. The fourth-order valence-electron chi connectivity index (χ4n) is 4.63. The van der Waals surface area contributed by atoms with Gasteiger partial charge in [0.05, 0.1) is 16.8 Å². The van der Waals surface area contributed by atoms with Crippen LogP contribution >= 0.6 is 11.6 Å². The van der Waals surface area contributed by atoms with Gasteiger partial charge < -0.3 is 5.32 Å². The van der Waals surface area contributed by atoms with E-state index in [9.17, 15) is 4.79 Å². The van der Waals surface area contributed by atoms with E-state index in [-0.39, 0.29) is 11.7 Å². The molecule has 5 rings (SSSR count). The number of hydrogen-bond acceptors (Lipinski definition) is 3. The summed E-state index contributed by atoms with van der Waals surface area (Å²) in [5.41, 5.74) is 5.97. The van der Waals surface area contributed by atoms with Crippen molar-refractivity contribution >= 4 is 34.0 Å². The third-order valence-corrected chi connectivity index (χ3v) is 6.63. The van der Waals surface area contributed by atoms with E-state index < -0.39 is 0 Å². The van der Waals surface area contributed by atoms with Crippen LogP contribution in [0.4, 0.5) is 5.69 Å². The number of carbonyl (C=O) groups excluding carboxylic acids is 1. The molecule has 30 heavy (non-hydrogen) atoms. The number of aromatic nitrogens is 1. The second kappa shape index (κ2) is 8.03. The molecular formula is C26H27ClN2O. The minimum Gasteiger partial charge on any atom is -0.381 e. The van der Waals surface area contributed by atoms with Crippen LogP contribution in [0, 0.1) is 12.8 Å². The monoisotopic (exact) mass is 418 g/mol. The molecule has 2 aliphatic rings. The number of hydrogen-bond donors (Lipinski definition) is 1. The number of benzene rings is 2. The van der Waals surface area contributed by atoms with E-state index in [1.54, 1.807) is 6.20 Å². The number of rotatable bonds is 5. The van der Waals surface area contributed by atoms with Crippen molar-refractivity contribution in [2.45, 2.75) is 57.9 Å². The highest BCUT2D eigenvalue weighted by molar-refractivity contribution is 6.31. The van der Waals surface area contributed by atoms with Gasteiger partial charge in [-0.15, -0.1) is 0 Å². The van der Waals surface area contributed by atoms with E-state index in [4.69, 9.17) is 11.6 Å². The maximum Gasteiger partial charge on any atom is 0.169 e. The van der Waals surface area contributed by atoms with E-state index in [2.05, 4.69) is 41.5 Å². The Hall–Kier alpha value is -2.39. The summed E-state index contributed by atoms with van der Waals surface area (Å²) in [5, 5.41) is 5.54. The summed E-state index contributed by atoms with van der Waals surface area (Å²) in [6.07, 6.45) is 9.92. The van der Waals surface area contributed by atoms with Gasteiger partial charge in [-0.25, -0.2) is 0 Å². The van der Waals surface area contributed by atoms with Crippen LogP contribution in [0.5, 0.6) is 0 Å². The molecule has 0 atom stereocenters. The lowest BCUT2D eigenvalue weighted by Gasteiger charge is -2.26. The smallest absolute Gasteiger partial charge is 0.169 e. The average molecular weight is 419 g/mol. The van der Waals surface area contributed by atoms with E-state index in [1.807, 2.05) is 12.1 Å². The zero-order valence-corrected chi connectivity index (χ0v) is 18.1. The summed E-state index contributed by atoms with van der Waals surface area (Å²) in [4.78, 5) is 17.7. The summed E-state index contributed by atoms with van der Waals surface area (Å²) in [6.45, 7) is 2.06. The zero-order chi connectivity index (χ0) is 20.7. The topological polar surface area (TPSA) is 42.0 Å². The molecule has 3 nitrogen and oxygen atoms in total. The Morgan fingerprint density at radius 1 is 1.00 bits per heavy atom. The molecule has 154 valence electrons. The Balaban J connectivity index is 1.64. The van der Waals surface area contributed by atoms with E-state index in [0.29, 0.717) is 6.04 Å². The predicted octanol–water partition coefficient (Wildman–Crippen LogP) is 7.20. The van der Waals surface area contributed by atoms with Gasteiger partial charge in [0, 0.05) is 28.6 Å². The minimum absolute atomic E-state index is 0.176. The first-order valence-corrected chi connectivity index (χ1v) is 11.5. The summed E-state index contributed by atoms with van der Waals surface area (Å²) < 4.78 is 0. The maximum absolute atomic E-state index is 13.1. The molecule has 2 fully saturated rings. The number of carbonyl (C=O) groups is 1. The second-order valence-electron chi connectivity index (χ2n) is 8.91. The Morgan fingerprint density at radius 2 is 1.80 bits per heavy atom. The zero-order valence-electron chi connectivity index (χ0n) is 17.4. The molecule has 0 bridgehead atoms. The summed E-state index contributed by atoms with van der Waals surface area (Å²) in [5.74, 6) is 0.418. The molecule has 1 aromatic heterocycles. The molecule has 2 aromatic carbocycles. The van der Waals surface area contributed by atoms with E-state index in [1.165, 1.54) is 19.3 Å². The number of nitrogens with zero attached hydrogens (tertiary/aromatic N) is 1. The van der Waals surface area contributed by atoms with Gasteiger partial charge in [-0.2, -0.15) is 0 Å². The van der Waals surface area contributed by atoms with Crippen LogP contribution in [-0.4, -0.2) is 16.8 Å². The number of nitrogens with one attached hydrogen (secondary N) is 1. The summed E-state index contributed by atoms with van der Waals surface area (Å²) in [7, 11) is 0. The third kappa shape index (κ3) is 3.96. The molecule has 0 aliphatic heterocycles. The van der Waals surface area contributed by atoms with Crippen molar-refractivity contribution < 1.29 is 4.79 Å². The van der Waals surface area contributed by atoms with Gasteiger partial charge in [-0.3, -0.25) is 9.78 Å². The molecule has 0 radical (unpaired) electrons. The normalized spacial score (nSPS) is 17.3. The lowest BCUT2D eigenvalue weighted by molar-refractivity contribution is 0.0968. The van der Waals surface area contributed by atoms with Crippen LogP contribution in [0.15, 0.2) is 42.6 Å². The van der Waals surface area contributed by atoms with Crippen LogP contribution in [0.1, 0.15) is 60.9 Å². The SMILES string of the molecule is Cc1cc(Cl)cc(-c2ccc3ncc(C(=O)C4CC4)c(NC4CCCCC4)c3c2)c1. The van der Waals surface area contributed by atoms with E-state index >= 15 is 0 Å². The molecule has 0 saturated heterocycles. The number of ketones is 1. The number of fused-ring (bicyclic) bond motifs is 1. The summed E-state index contributed by atoms with van der Waals surface area (Å²) >= 11 is 6.32. The number of aryl methyl sites for hydroxylation is 1. The highest BCUT2D eigenvalue weighted by Gasteiger charge is 2.33. The molecule has 1 heterocycles. The van der Waals surface area contributed by atoms with Gasteiger partial charge in [0.2, 0.25) is 0 Å². The number of anilines is 1. The number of halogens is 1. The third-order valence-electron chi connectivity index (χ3n) is 6.41.